The molecule has 1 nitrogen and oxygen atoms in total. The molecule has 0 radical (unpaired) electrons. The Balaban J connectivity index is 2.56. The first kappa shape index (κ1) is 14.5. The van der Waals surface area contributed by atoms with Crippen LogP contribution in [0.15, 0.2) is 66.3 Å². The van der Waals surface area contributed by atoms with Crippen LogP contribution in [0.25, 0.3) is 6.08 Å². The lowest BCUT2D eigenvalue weighted by Gasteiger charge is -2.21. The van der Waals surface area contributed by atoms with E-state index in [2.05, 4.69) is 55.1 Å². The molecule has 0 amide bonds. The van der Waals surface area contributed by atoms with Gasteiger partial charge in [-0.3, -0.25) is 0 Å². The van der Waals surface area contributed by atoms with Gasteiger partial charge in [0.1, 0.15) is 0 Å². The smallest absolute Gasteiger partial charge is 0.0431 e. The van der Waals surface area contributed by atoms with Crippen molar-refractivity contribution in [2.75, 3.05) is 6.61 Å². The SMILES string of the molecule is C=CC1=C(/C=C\C)C(CCCO)c2ccccc2C=C1. The predicted octanol–water partition coefficient (Wildman–Crippen LogP) is 4.63. The predicted molar refractivity (Wildman–Crippen MR) is 86.6 cm³/mol. The van der Waals surface area contributed by atoms with Crippen LogP contribution in [0.5, 0.6) is 0 Å². The molecule has 1 aliphatic carbocycles. The molecule has 0 aromatic heterocycles. The van der Waals surface area contributed by atoms with Gasteiger partial charge < -0.3 is 5.11 Å². The van der Waals surface area contributed by atoms with Gasteiger partial charge in [0.25, 0.3) is 0 Å². The number of aliphatic hydroxyl groups excluding tert-OH is 1. The summed E-state index contributed by atoms with van der Waals surface area (Å²) in [5.41, 5.74) is 5.05. The zero-order chi connectivity index (χ0) is 14.4. The third-order valence-corrected chi connectivity index (χ3v) is 3.74. The van der Waals surface area contributed by atoms with Crippen LogP contribution in [0.1, 0.15) is 36.8 Å². The standard InChI is InChI=1S/C19H22O/c1-3-8-17-15(4-2)12-13-16-9-5-6-10-18(16)19(17)11-7-14-20/h3-6,8-10,12-13,19-20H,2,7,11,14H2,1H3/b8-3-. The van der Waals surface area contributed by atoms with E-state index in [1.807, 2.05) is 13.0 Å². The number of aliphatic hydroxyl groups is 1. The fourth-order valence-corrected chi connectivity index (χ4v) is 2.81. The lowest BCUT2D eigenvalue weighted by molar-refractivity contribution is 0.282. The van der Waals surface area contributed by atoms with E-state index in [1.54, 1.807) is 0 Å². The summed E-state index contributed by atoms with van der Waals surface area (Å²) in [6.45, 7) is 6.22. The Morgan fingerprint density at radius 2 is 2.05 bits per heavy atom. The molecule has 0 saturated heterocycles. The molecule has 1 aromatic carbocycles. The molecular formula is C19H22O. The number of hydrogen-bond donors (Lipinski definition) is 1. The van der Waals surface area contributed by atoms with Crippen molar-refractivity contribution in [3.8, 4) is 0 Å². The van der Waals surface area contributed by atoms with Crippen LogP contribution in [-0.2, 0) is 0 Å². The van der Waals surface area contributed by atoms with Crippen LogP contribution in [0.3, 0.4) is 0 Å². The van der Waals surface area contributed by atoms with Crippen LogP contribution in [0.2, 0.25) is 0 Å². The summed E-state index contributed by atoms with van der Waals surface area (Å²) in [7, 11) is 0. The summed E-state index contributed by atoms with van der Waals surface area (Å²) in [5.74, 6) is 0.317. The molecule has 0 saturated carbocycles. The van der Waals surface area contributed by atoms with Crippen LogP contribution in [-0.4, -0.2) is 11.7 Å². The van der Waals surface area contributed by atoms with E-state index in [1.165, 1.54) is 22.3 Å². The first-order chi connectivity index (χ1) is 9.81. The van der Waals surface area contributed by atoms with Gasteiger partial charge in [-0.1, -0.05) is 61.2 Å². The minimum absolute atomic E-state index is 0.235. The molecule has 0 spiro atoms. The molecule has 1 aromatic rings. The molecule has 2 rings (SSSR count). The Hall–Kier alpha value is -1.86. The molecule has 0 heterocycles. The fourth-order valence-electron chi connectivity index (χ4n) is 2.81. The lowest BCUT2D eigenvalue weighted by atomic mass is 9.84. The number of hydrogen-bond acceptors (Lipinski definition) is 1. The van der Waals surface area contributed by atoms with Crippen LogP contribution in [0, 0.1) is 0 Å². The fraction of sp³-hybridized carbons (Fsp3) is 0.263. The first-order valence-electron chi connectivity index (χ1n) is 7.19. The van der Waals surface area contributed by atoms with Gasteiger partial charge >= 0.3 is 0 Å². The van der Waals surface area contributed by atoms with E-state index >= 15 is 0 Å². The van der Waals surface area contributed by atoms with Crippen LogP contribution in [0.4, 0.5) is 0 Å². The monoisotopic (exact) mass is 266 g/mol. The minimum Gasteiger partial charge on any atom is -0.396 e. The Labute approximate surface area is 121 Å². The van der Waals surface area contributed by atoms with Crippen molar-refractivity contribution in [3.63, 3.8) is 0 Å². The zero-order valence-corrected chi connectivity index (χ0v) is 12.0. The van der Waals surface area contributed by atoms with Gasteiger partial charge in [0, 0.05) is 12.5 Å². The zero-order valence-electron chi connectivity index (χ0n) is 12.0. The van der Waals surface area contributed by atoms with E-state index in [9.17, 15) is 5.11 Å². The van der Waals surface area contributed by atoms with Gasteiger partial charge in [-0.15, -0.1) is 0 Å². The molecule has 0 aliphatic heterocycles. The second-order valence-electron chi connectivity index (χ2n) is 5.00. The minimum atomic E-state index is 0.235. The average Bonchev–Trinajstić information content (AvgIpc) is 2.63. The first-order valence-corrected chi connectivity index (χ1v) is 7.19. The molecule has 1 atom stereocenters. The van der Waals surface area contributed by atoms with Crippen molar-refractivity contribution in [1.29, 1.82) is 0 Å². The van der Waals surface area contributed by atoms with Gasteiger partial charge in [-0.2, -0.15) is 0 Å². The van der Waals surface area contributed by atoms with Crippen molar-refractivity contribution in [2.45, 2.75) is 25.7 Å². The Bertz CT molecular complexity index is 561. The highest BCUT2D eigenvalue weighted by molar-refractivity contribution is 5.65. The quantitative estimate of drug-likeness (QED) is 0.824. The topological polar surface area (TPSA) is 20.2 Å². The summed E-state index contributed by atoms with van der Waals surface area (Å²) >= 11 is 0. The van der Waals surface area contributed by atoms with Crippen molar-refractivity contribution >= 4 is 6.08 Å². The van der Waals surface area contributed by atoms with Crippen LogP contribution >= 0.6 is 0 Å². The van der Waals surface area contributed by atoms with E-state index in [0.29, 0.717) is 5.92 Å². The molecule has 0 bridgehead atoms. The largest absolute Gasteiger partial charge is 0.396 e. The second-order valence-corrected chi connectivity index (χ2v) is 5.00. The Morgan fingerprint density at radius 3 is 2.75 bits per heavy atom. The van der Waals surface area contributed by atoms with Crippen molar-refractivity contribution in [3.05, 3.63) is 77.4 Å². The molecule has 0 fully saturated rings. The maximum absolute atomic E-state index is 9.18. The van der Waals surface area contributed by atoms with E-state index in [4.69, 9.17) is 0 Å². The summed E-state index contributed by atoms with van der Waals surface area (Å²) in [6, 6.07) is 8.50. The third kappa shape index (κ3) is 3.00. The highest BCUT2D eigenvalue weighted by Gasteiger charge is 2.20. The highest BCUT2D eigenvalue weighted by Crippen LogP contribution is 2.37. The molecule has 1 unspecified atom stereocenters. The molecule has 104 valence electrons. The average molecular weight is 266 g/mol. The van der Waals surface area contributed by atoms with Gasteiger partial charge in [0.15, 0.2) is 0 Å². The van der Waals surface area contributed by atoms with Crippen molar-refractivity contribution in [2.24, 2.45) is 0 Å². The number of benzene rings is 1. The summed E-state index contributed by atoms with van der Waals surface area (Å²) in [5, 5.41) is 9.18. The molecule has 20 heavy (non-hydrogen) atoms. The third-order valence-electron chi connectivity index (χ3n) is 3.74. The van der Waals surface area contributed by atoms with Gasteiger partial charge in [0.2, 0.25) is 0 Å². The maximum Gasteiger partial charge on any atom is 0.0431 e. The Morgan fingerprint density at radius 1 is 1.25 bits per heavy atom. The van der Waals surface area contributed by atoms with Crippen molar-refractivity contribution in [1.82, 2.24) is 0 Å². The molecular weight excluding hydrogens is 244 g/mol. The van der Waals surface area contributed by atoms with Gasteiger partial charge in [-0.25, -0.2) is 0 Å². The summed E-state index contributed by atoms with van der Waals surface area (Å²) in [4.78, 5) is 0. The maximum atomic E-state index is 9.18. The number of rotatable bonds is 5. The number of allylic oxidation sites excluding steroid dienone is 6. The van der Waals surface area contributed by atoms with E-state index in [-0.39, 0.29) is 6.61 Å². The van der Waals surface area contributed by atoms with Crippen LogP contribution < -0.4 is 0 Å². The Kier molecular flexibility index (Phi) is 5.14. The van der Waals surface area contributed by atoms with E-state index in [0.717, 1.165) is 12.8 Å². The molecule has 1 heteroatoms. The van der Waals surface area contributed by atoms with E-state index < -0.39 is 0 Å². The number of fused-ring (bicyclic) bond motifs is 1. The molecule has 1 aliphatic rings. The summed E-state index contributed by atoms with van der Waals surface area (Å²) in [6.07, 6.45) is 12.2. The van der Waals surface area contributed by atoms with Gasteiger partial charge in [0.05, 0.1) is 0 Å². The second kappa shape index (κ2) is 7.06. The van der Waals surface area contributed by atoms with Crippen molar-refractivity contribution < 1.29 is 5.11 Å². The summed E-state index contributed by atoms with van der Waals surface area (Å²) < 4.78 is 0. The normalized spacial score (nSPS) is 18.2. The molecule has 1 N–H and O–H groups in total. The van der Waals surface area contributed by atoms with Gasteiger partial charge in [-0.05, 0) is 42.0 Å². The highest BCUT2D eigenvalue weighted by atomic mass is 16.2. The lowest BCUT2D eigenvalue weighted by Crippen LogP contribution is -2.05.